The normalized spacial score (nSPS) is 14.8. The zero-order valence-corrected chi connectivity index (χ0v) is 14.0. The van der Waals surface area contributed by atoms with Crippen molar-refractivity contribution in [3.05, 3.63) is 24.3 Å². The Balaban J connectivity index is 2.41. The molecular formula is C17H28N2O3. The van der Waals surface area contributed by atoms with Gasteiger partial charge in [-0.3, -0.25) is 4.79 Å². The number of ether oxygens (including phenoxy) is 2. The summed E-state index contributed by atoms with van der Waals surface area (Å²) in [6.45, 7) is 6.83. The van der Waals surface area contributed by atoms with Gasteiger partial charge in [-0.05, 0) is 25.5 Å². The van der Waals surface area contributed by atoms with Gasteiger partial charge in [-0.25, -0.2) is 0 Å². The second-order valence-electron chi connectivity index (χ2n) is 5.94. The number of methoxy groups -OCH3 is 1. The standard InChI is InChI=1S/C17H28N2O3/c1-5-10-17(3,18)16(20)19-11-13(2)12-22-15-9-7-6-8-14(15)21-4/h6-9,13H,5,10-12,18H2,1-4H3,(H,19,20). The first-order valence-corrected chi connectivity index (χ1v) is 7.73. The van der Waals surface area contributed by atoms with Gasteiger partial charge in [0.15, 0.2) is 11.5 Å². The average Bonchev–Trinajstić information content (AvgIpc) is 2.50. The maximum Gasteiger partial charge on any atom is 0.239 e. The van der Waals surface area contributed by atoms with Crippen LogP contribution in [0.15, 0.2) is 24.3 Å². The first kappa shape index (κ1) is 18.3. The molecule has 22 heavy (non-hydrogen) atoms. The highest BCUT2D eigenvalue weighted by atomic mass is 16.5. The van der Waals surface area contributed by atoms with E-state index in [4.69, 9.17) is 15.2 Å². The average molecular weight is 308 g/mol. The topological polar surface area (TPSA) is 73.6 Å². The van der Waals surface area contributed by atoms with Crippen molar-refractivity contribution in [2.45, 2.75) is 39.2 Å². The summed E-state index contributed by atoms with van der Waals surface area (Å²) < 4.78 is 11.0. The molecule has 0 radical (unpaired) electrons. The van der Waals surface area contributed by atoms with E-state index in [1.165, 1.54) is 0 Å². The Hall–Kier alpha value is -1.75. The molecule has 0 aliphatic rings. The molecule has 1 rings (SSSR count). The Bertz CT molecular complexity index is 475. The number of amides is 1. The van der Waals surface area contributed by atoms with Crippen molar-refractivity contribution in [2.24, 2.45) is 11.7 Å². The molecule has 5 heteroatoms. The first-order chi connectivity index (χ1) is 10.4. The van der Waals surface area contributed by atoms with Crippen LogP contribution in [0.5, 0.6) is 11.5 Å². The number of hydrogen-bond donors (Lipinski definition) is 2. The minimum Gasteiger partial charge on any atom is -0.493 e. The number of carbonyl (C=O) groups is 1. The fourth-order valence-electron chi connectivity index (χ4n) is 2.13. The molecule has 0 aliphatic heterocycles. The van der Waals surface area contributed by atoms with Crippen LogP contribution >= 0.6 is 0 Å². The van der Waals surface area contributed by atoms with Gasteiger partial charge in [0.2, 0.25) is 5.91 Å². The van der Waals surface area contributed by atoms with E-state index in [0.717, 1.165) is 6.42 Å². The molecule has 0 bridgehead atoms. The van der Waals surface area contributed by atoms with E-state index in [1.54, 1.807) is 14.0 Å². The zero-order valence-electron chi connectivity index (χ0n) is 14.0. The van der Waals surface area contributed by atoms with Crippen molar-refractivity contribution < 1.29 is 14.3 Å². The minimum absolute atomic E-state index is 0.113. The number of nitrogens with two attached hydrogens (primary N) is 1. The molecule has 124 valence electrons. The largest absolute Gasteiger partial charge is 0.493 e. The zero-order chi connectivity index (χ0) is 16.6. The number of nitrogens with one attached hydrogen (secondary N) is 1. The number of carbonyl (C=O) groups excluding carboxylic acids is 1. The molecule has 1 aromatic carbocycles. The third kappa shape index (κ3) is 5.56. The summed E-state index contributed by atoms with van der Waals surface area (Å²) >= 11 is 0. The summed E-state index contributed by atoms with van der Waals surface area (Å²) in [7, 11) is 1.61. The molecule has 1 amide bonds. The minimum atomic E-state index is -0.808. The lowest BCUT2D eigenvalue weighted by Gasteiger charge is -2.24. The third-order valence-corrected chi connectivity index (χ3v) is 3.49. The van der Waals surface area contributed by atoms with Crippen molar-refractivity contribution in [1.29, 1.82) is 0 Å². The lowest BCUT2D eigenvalue weighted by molar-refractivity contribution is -0.126. The van der Waals surface area contributed by atoms with E-state index in [1.807, 2.05) is 38.1 Å². The molecule has 0 heterocycles. The molecule has 2 unspecified atom stereocenters. The number of hydrogen-bond acceptors (Lipinski definition) is 4. The van der Waals surface area contributed by atoms with E-state index in [9.17, 15) is 4.79 Å². The Kier molecular flexibility index (Phi) is 7.18. The van der Waals surface area contributed by atoms with E-state index in [0.29, 0.717) is 31.1 Å². The summed E-state index contributed by atoms with van der Waals surface area (Å²) in [5.41, 5.74) is 5.19. The summed E-state index contributed by atoms with van der Waals surface area (Å²) in [4.78, 5) is 12.0. The molecule has 2 atom stereocenters. The van der Waals surface area contributed by atoms with Crippen molar-refractivity contribution in [1.82, 2.24) is 5.32 Å². The van der Waals surface area contributed by atoms with E-state index >= 15 is 0 Å². The van der Waals surface area contributed by atoms with Gasteiger partial charge < -0.3 is 20.5 Å². The van der Waals surface area contributed by atoms with Gasteiger partial charge in [-0.15, -0.1) is 0 Å². The van der Waals surface area contributed by atoms with Gasteiger partial charge in [0.25, 0.3) is 0 Å². The van der Waals surface area contributed by atoms with Crippen molar-refractivity contribution in [3.63, 3.8) is 0 Å². The van der Waals surface area contributed by atoms with Crippen molar-refractivity contribution in [3.8, 4) is 11.5 Å². The molecule has 0 saturated carbocycles. The molecular weight excluding hydrogens is 280 g/mol. The van der Waals surface area contributed by atoms with Crippen LogP contribution in [0.1, 0.15) is 33.6 Å². The predicted molar refractivity (Wildman–Crippen MR) is 88.2 cm³/mol. The summed E-state index contributed by atoms with van der Waals surface area (Å²) in [6.07, 6.45) is 1.55. The van der Waals surface area contributed by atoms with Crippen LogP contribution < -0.4 is 20.5 Å². The van der Waals surface area contributed by atoms with E-state index < -0.39 is 5.54 Å². The lowest BCUT2D eigenvalue weighted by Crippen LogP contribution is -2.52. The van der Waals surface area contributed by atoms with Crippen LogP contribution in [0, 0.1) is 5.92 Å². The molecule has 0 aliphatic carbocycles. The lowest BCUT2D eigenvalue weighted by atomic mass is 9.96. The Morgan fingerprint density at radius 3 is 2.59 bits per heavy atom. The van der Waals surface area contributed by atoms with Crippen molar-refractivity contribution >= 4 is 5.91 Å². The molecule has 0 saturated heterocycles. The highest BCUT2D eigenvalue weighted by Gasteiger charge is 2.27. The molecule has 5 nitrogen and oxygen atoms in total. The number of rotatable bonds is 9. The van der Waals surface area contributed by atoms with Crippen LogP contribution in [0.3, 0.4) is 0 Å². The second-order valence-corrected chi connectivity index (χ2v) is 5.94. The maximum absolute atomic E-state index is 12.0. The summed E-state index contributed by atoms with van der Waals surface area (Å²) in [5, 5.41) is 2.90. The Morgan fingerprint density at radius 2 is 2.00 bits per heavy atom. The molecule has 3 N–H and O–H groups in total. The molecule has 0 spiro atoms. The van der Waals surface area contributed by atoms with E-state index in [2.05, 4.69) is 5.32 Å². The van der Waals surface area contributed by atoms with Crippen LogP contribution in [-0.4, -0.2) is 31.7 Å². The summed E-state index contributed by atoms with van der Waals surface area (Å²) in [6, 6.07) is 7.51. The van der Waals surface area contributed by atoms with Gasteiger partial charge >= 0.3 is 0 Å². The number of para-hydroxylation sites is 2. The van der Waals surface area contributed by atoms with Crippen LogP contribution in [0.2, 0.25) is 0 Å². The van der Waals surface area contributed by atoms with Gasteiger partial charge in [0.05, 0.1) is 19.3 Å². The monoisotopic (exact) mass is 308 g/mol. The highest BCUT2D eigenvalue weighted by Crippen LogP contribution is 2.26. The van der Waals surface area contributed by atoms with Gasteiger partial charge in [0, 0.05) is 12.5 Å². The Labute approximate surface area is 133 Å². The number of benzene rings is 1. The molecule has 1 aromatic rings. The molecule has 0 fully saturated rings. The SMILES string of the molecule is CCCC(C)(N)C(=O)NCC(C)COc1ccccc1OC. The van der Waals surface area contributed by atoms with Gasteiger partial charge in [-0.1, -0.05) is 32.4 Å². The predicted octanol–water partition coefficient (Wildman–Crippen LogP) is 2.34. The van der Waals surface area contributed by atoms with Crippen LogP contribution in [0.4, 0.5) is 0 Å². The molecule has 0 aromatic heterocycles. The van der Waals surface area contributed by atoms with Crippen molar-refractivity contribution in [2.75, 3.05) is 20.3 Å². The maximum atomic E-state index is 12.0. The van der Waals surface area contributed by atoms with E-state index in [-0.39, 0.29) is 11.8 Å². The first-order valence-electron chi connectivity index (χ1n) is 7.73. The highest BCUT2D eigenvalue weighted by molar-refractivity contribution is 5.85. The fourth-order valence-corrected chi connectivity index (χ4v) is 2.13. The third-order valence-electron chi connectivity index (χ3n) is 3.49. The van der Waals surface area contributed by atoms with Crippen LogP contribution in [0.25, 0.3) is 0 Å². The summed E-state index contributed by atoms with van der Waals surface area (Å²) in [5.74, 6) is 1.47. The second kappa shape index (κ2) is 8.63. The fraction of sp³-hybridized carbons (Fsp3) is 0.588. The quantitative estimate of drug-likeness (QED) is 0.734. The smallest absolute Gasteiger partial charge is 0.239 e. The Morgan fingerprint density at radius 1 is 1.36 bits per heavy atom. The van der Waals surface area contributed by atoms with Gasteiger partial charge in [-0.2, -0.15) is 0 Å². The van der Waals surface area contributed by atoms with Gasteiger partial charge in [0.1, 0.15) is 0 Å². The van der Waals surface area contributed by atoms with Crippen LogP contribution in [-0.2, 0) is 4.79 Å².